The van der Waals surface area contributed by atoms with Crippen LogP contribution in [0.1, 0.15) is 25.8 Å². The number of aryl methyl sites for hydroxylation is 2. The van der Waals surface area contributed by atoms with Gasteiger partial charge in [0, 0.05) is 50.4 Å². The Morgan fingerprint density at radius 2 is 2.33 bits per heavy atom. The van der Waals surface area contributed by atoms with Gasteiger partial charge in [-0.05, 0) is 32.3 Å². The molecule has 5 nitrogen and oxygen atoms in total. The van der Waals surface area contributed by atoms with Crippen molar-refractivity contribution < 1.29 is 0 Å². The number of nitrogens with zero attached hydrogens (tertiary/aromatic N) is 4. The highest BCUT2D eigenvalue weighted by atomic mass is 32.2. The summed E-state index contributed by atoms with van der Waals surface area (Å²) in [6, 6.07) is 0. The molecule has 1 aromatic rings. The summed E-state index contributed by atoms with van der Waals surface area (Å²) in [7, 11) is 3.83. The highest BCUT2D eigenvalue weighted by Crippen LogP contribution is 2.29. The Morgan fingerprint density at radius 3 is 2.95 bits per heavy atom. The molecule has 1 aromatic heterocycles. The number of thioether (sulfide) groups is 1. The summed E-state index contributed by atoms with van der Waals surface area (Å²) in [6.07, 6.45) is 6.17. The van der Waals surface area contributed by atoms with Gasteiger partial charge in [0.05, 0.1) is 6.20 Å². The zero-order valence-corrected chi connectivity index (χ0v) is 14.4. The summed E-state index contributed by atoms with van der Waals surface area (Å²) in [5.74, 6) is 2.21. The van der Waals surface area contributed by atoms with Crippen LogP contribution in [0.2, 0.25) is 0 Å². The van der Waals surface area contributed by atoms with Gasteiger partial charge in [0.25, 0.3) is 0 Å². The van der Waals surface area contributed by atoms with E-state index in [9.17, 15) is 0 Å². The molecule has 2 rings (SSSR count). The second-order valence-electron chi connectivity index (χ2n) is 6.13. The van der Waals surface area contributed by atoms with Crippen molar-refractivity contribution in [1.29, 1.82) is 0 Å². The van der Waals surface area contributed by atoms with Crippen LogP contribution >= 0.6 is 11.8 Å². The van der Waals surface area contributed by atoms with E-state index in [1.807, 2.05) is 36.7 Å². The molecule has 0 atom stereocenters. The smallest absolute Gasteiger partial charge is 0.193 e. The zero-order chi connectivity index (χ0) is 15.3. The van der Waals surface area contributed by atoms with Crippen LogP contribution in [0.15, 0.2) is 17.4 Å². The lowest BCUT2D eigenvalue weighted by Gasteiger charge is -2.39. The molecular formula is C15H27N5S. The average Bonchev–Trinajstić information content (AvgIpc) is 2.83. The summed E-state index contributed by atoms with van der Waals surface area (Å²) < 4.78 is 2.17. The van der Waals surface area contributed by atoms with Crippen LogP contribution in [0.25, 0.3) is 0 Å². The first kappa shape index (κ1) is 16.2. The number of aromatic nitrogens is 2. The van der Waals surface area contributed by atoms with Crippen LogP contribution in [0.5, 0.6) is 0 Å². The summed E-state index contributed by atoms with van der Waals surface area (Å²) >= 11 is 2.05. The molecule has 0 amide bonds. The van der Waals surface area contributed by atoms with Gasteiger partial charge < -0.3 is 10.2 Å². The summed E-state index contributed by atoms with van der Waals surface area (Å²) in [5.41, 5.74) is 1.30. The minimum Gasteiger partial charge on any atom is -0.356 e. The first-order valence-electron chi connectivity index (χ1n) is 7.57. The first-order chi connectivity index (χ1) is 10.00. The lowest BCUT2D eigenvalue weighted by atomic mass is 10.2. The van der Waals surface area contributed by atoms with E-state index in [1.54, 1.807) is 0 Å². The van der Waals surface area contributed by atoms with Crippen molar-refractivity contribution in [2.75, 3.05) is 32.4 Å². The predicted molar refractivity (Wildman–Crippen MR) is 91.0 cm³/mol. The molecule has 0 spiro atoms. The molecule has 1 saturated heterocycles. The largest absolute Gasteiger partial charge is 0.356 e. The summed E-state index contributed by atoms with van der Waals surface area (Å²) in [6.45, 7) is 7.70. The van der Waals surface area contributed by atoms with Crippen molar-refractivity contribution in [3.63, 3.8) is 0 Å². The second kappa shape index (κ2) is 7.20. The number of hydrogen-bond acceptors (Lipinski definition) is 3. The number of hydrogen-bond donors (Lipinski definition) is 1. The molecule has 0 bridgehead atoms. The van der Waals surface area contributed by atoms with Crippen LogP contribution in [0.3, 0.4) is 0 Å². The van der Waals surface area contributed by atoms with Gasteiger partial charge in [-0.25, -0.2) is 0 Å². The van der Waals surface area contributed by atoms with Gasteiger partial charge >= 0.3 is 0 Å². The van der Waals surface area contributed by atoms with Crippen molar-refractivity contribution in [2.45, 2.75) is 31.4 Å². The molecule has 2 heterocycles. The third kappa shape index (κ3) is 4.95. The number of nitrogens with one attached hydrogen (secondary N) is 1. The van der Waals surface area contributed by atoms with Crippen molar-refractivity contribution in [1.82, 2.24) is 20.0 Å². The number of rotatable bonds is 4. The normalized spacial score (nSPS) is 18.9. The van der Waals surface area contributed by atoms with Crippen LogP contribution in [0, 0.1) is 0 Å². The fourth-order valence-corrected chi connectivity index (χ4v) is 3.73. The molecule has 1 N–H and O–H groups in total. The molecule has 21 heavy (non-hydrogen) atoms. The lowest BCUT2D eigenvalue weighted by molar-refractivity contribution is 0.375. The van der Waals surface area contributed by atoms with Crippen LogP contribution < -0.4 is 5.32 Å². The van der Waals surface area contributed by atoms with Gasteiger partial charge in [0.15, 0.2) is 5.96 Å². The average molecular weight is 309 g/mol. The molecule has 1 aliphatic rings. The Kier molecular flexibility index (Phi) is 5.56. The van der Waals surface area contributed by atoms with E-state index in [4.69, 9.17) is 0 Å². The van der Waals surface area contributed by atoms with Crippen LogP contribution in [-0.4, -0.2) is 57.8 Å². The van der Waals surface area contributed by atoms with E-state index in [0.717, 1.165) is 38.4 Å². The fourth-order valence-electron chi connectivity index (χ4n) is 2.62. The minimum absolute atomic E-state index is 0.311. The monoisotopic (exact) mass is 309 g/mol. The van der Waals surface area contributed by atoms with Gasteiger partial charge in [-0.1, -0.05) is 0 Å². The fraction of sp³-hybridized carbons (Fsp3) is 0.733. The second-order valence-corrected chi connectivity index (χ2v) is 7.93. The third-order valence-electron chi connectivity index (χ3n) is 3.62. The van der Waals surface area contributed by atoms with Crippen molar-refractivity contribution in [3.8, 4) is 0 Å². The van der Waals surface area contributed by atoms with Crippen molar-refractivity contribution >= 4 is 17.7 Å². The lowest BCUT2D eigenvalue weighted by Crippen LogP contribution is -2.51. The van der Waals surface area contributed by atoms with E-state index in [1.165, 1.54) is 11.3 Å². The van der Waals surface area contributed by atoms with E-state index in [-0.39, 0.29) is 0 Å². The zero-order valence-electron chi connectivity index (χ0n) is 13.6. The molecule has 0 aromatic carbocycles. The van der Waals surface area contributed by atoms with Crippen LogP contribution in [0.4, 0.5) is 0 Å². The van der Waals surface area contributed by atoms with Gasteiger partial charge in [-0.15, -0.1) is 0 Å². The van der Waals surface area contributed by atoms with E-state index in [2.05, 4.69) is 40.4 Å². The molecule has 1 aliphatic heterocycles. The van der Waals surface area contributed by atoms with Gasteiger partial charge in [-0.2, -0.15) is 16.9 Å². The summed E-state index contributed by atoms with van der Waals surface area (Å²) in [5, 5.41) is 7.69. The number of aliphatic imine (C=N–C) groups is 1. The summed E-state index contributed by atoms with van der Waals surface area (Å²) in [4.78, 5) is 6.81. The standard InChI is InChI=1S/C15H27N5S/c1-15(2)12-20(8-9-21-15)14(16-3)17-7-5-6-13-10-18-19(4)11-13/h10-11H,5-9,12H2,1-4H3,(H,16,17). The van der Waals surface area contributed by atoms with Gasteiger partial charge in [0.2, 0.25) is 0 Å². The quantitative estimate of drug-likeness (QED) is 0.523. The van der Waals surface area contributed by atoms with E-state index >= 15 is 0 Å². The SMILES string of the molecule is CN=C(NCCCc1cnn(C)c1)N1CCSC(C)(C)C1. The maximum atomic E-state index is 4.43. The molecule has 0 aliphatic carbocycles. The van der Waals surface area contributed by atoms with Crippen molar-refractivity contribution in [2.24, 2.45) is 12.0 Å². The molecular weight excluding hydrogens is 282 g/mol. The van der Waals surface area contributed by atoms with Crippen LogP contribution in [-0.2, 0) is 13.5 Å². The maximum Gasteiger partial charge on any atom is 0.193 e. The van der Waals surface area contributed by atoms with Crippen molar-refractivity contribution in [3.05, 3.63) is 18.0 Å². The highest BCUT2D eigenvalue weighted by molar-refractivity contribution is 8.00. The minimum atomic E-state index is 0.311. The van der Waals surface area contributed by atoms with E-state index in [0.29, 0.717) is 4.75 Å². The van der Waals surface area contributed by atoms with Gasteiger partial charge in [-0.3, -0.25) is 9.67 Å². The maximum absolute atomic E-state index is 4.43. The molecule has 6 heteroatoms. The molecule has 0 radical (unpaired) electrons. The van der Waals surface area contributed by atoms with E-state index < -0.39 is 0 Å². The Hall–Kier alpha value is -1.17. The van der Waals surface area contributed by atoms with Gasteiger partial charge in [0.1, 0.15) is 0 Å². The Labute approximate surface area is 132 Å². The predicted octanol–water partition coefficient (Wildman–Crippen LogP) is 1.76. The topological polar surface area (TPSA) is 45.5 Å². The Morgan fingerprint density at radius 1 is 1.52 bits per heavy atom. The third-order valence-corrected chi connectivity index (χ3v) is 4.92. The Balaban J connectivity index is 1.75. The molecule has 0 saturated carbocycles. The Bertz CT molecular complexity index is 480. The number of guanidine groups is 1. The first-order valence-corrected chi connectivity index (χ1v) is 8.56. The highest BCUT2D eigenvalue weighted by Gasteiger charge is 2.28. The molecule has 0 unspecified atom stereocenters. The molecule has 1 fully saturated rings. The molecule has 118 valence electrons.